The first-order valence-corrected chi connectivity index (χ1v) is 8.60. The Kier molecular flexibility index (Phi) is 7.97. The molecule has 1 aliphatic rings. The Labute approximate surface area is 157 Å². The second-order valence-electron chi connectivity index (χ2n) is 6.11. The Hall–Kier alpha value is -2.71. The van der Waals surface area contributed by atoms with Crippen LogP contribution in [0.4, 0.5) is 4.39 Å². The van der Waals surface area contributed by atoms with Crippen molar-refractivity contribution < 1.29 is 19.0 Å². The van der Waals surface area contributed by atoms with Crippen molar-refractivity contribution in [2.24, 2.45) is 0 Å². The van der Waals surface area contributed by atoms with Crippen LogP contribution < -0.4 is 10.9 Å². The van der Waals surface area contributed by atoms with E-state index in [2.05, 4.69) is 15.0 Å². The maximum Gasteiger partial charge on any atom is 0.293 e. The molecule has 1 aromatic heterocycles. The zero-order valence-corrected chi connectivity index (χ0v) is 15.2. The number of piperazine rings is 1. The van der Waals surface area contributed by atoms with Gasteiger partial charge in [0.05, 0.1) is 13.7 Å². The van der Waals surface area contributed by atoms with E-state index in [1.807, 2.05) is 0 Å². The van der Waals surface area contributed by atoms with Gasteiger partial charge in [0, 0.05) is 44.5 Å². The Bertz CT molecular complexity index is 787. The SMILES string of the molecule is COC=O.O=c1c(O)c(CN2CCNCC2)ccn1Cc1ccc(F)cc1. The fourth-order valence-corrected chi connectivity index (χ4v) is 2.75. The van der Waals surface area contributed by atoms with Crippen LogP contribution in [-0.2, 0) is 22.6 Å². The summed E-state index contributed by atoms with van der Waals surface area (Å²) in [7, 11) is 1.31. The van der Waals surface area contributed by atoms with Gasteiger partial charge in [-0.3, -0.25) is 14.5 Å². The van der Waals surface area contributed by atoms with Crippen LogP contribution in [0.25, 0.3) is 0 Å². The average Bonchev–Trinajstić information content (AvgIpc) is 2.70. The van der Waals surface area contributed by atoms with Gasteiger partial charge in [0.2, 0.25) is 0 Å². The second kappa shape index (κ2) is 10.4. The lowest BCUT2D eigenvalue weighted by atomic mass is 10.2. The van der Waals surface area contributed by atoms with Gasteiger partial charge in [-0.25, -0.2) is 4.39 Å². The Morgan fingerprint density at radius 1 is 1.19 bits per heavy atom. The van der Waals surface area contributed by atoms with E-state index in [0.717, 1.165) is 31.7 Å². The van der Waals surface area contributed by atoms with Gasteiger partial charge < -0.3 is 19.7 Å². The molecular weight excluding hydrogens is 353 g/mol. The van der Waals surface area contributed by atoms with Crippen LogP contribution in [0.5, 0.6) is 5.75 Å². The normalized spacial score (nSPS) is 14.1. The molecule has 0 spiro atoms. The lowest BCUT2D eigenvalue weighted by Crippen LogP contribution is -2.43. The third-order valence-corrected chi connectivity index (χ3v) is 4.19. The van der Waals surface area contributed by atoms with Gasteiger partial charge in [-0.15, -0.1) is 0 Å². The van der Waals surface area contributed by atoms with Crippen molar-refractivity contribution in [2.75, 3.05) is 33.3 Å². The third-order valence-electron chi connectivity index (χ3n) is 4.19. The van der Waals surface area contributed by atoms with E-state index in [0.29, 0.717) is 25.1 Å². The van der Waals surface area contributed by atoms with E-state index in [9.17, 15) is 14.3 Å². The molecule has 0 unspecified atom stereocenters. The molecule has 8 heteroatoms. The predicted octanol–water partition coefficient (Wildman–Crippen LogP) is 0.936. The number of rotatable bonds is 5. The molecule has 0 aliphatic carbocycles. The van der Waals surface area contributed by atoms with Crippen LogP contribution in [0.3, 0.4) is 0 Å². The molecule has 2 aromatic rings. The maximum atomic E-state index is 12.9. The average molecular weight is 377 g/mol. The van der Waals surface area contributed by atoms with Crippen molar-refractivity contribution in [1.29, 1.82) is 0 Å². The van der Waals surface area contributed by atoms with Gasteiger partial charge in [0.1, 0.15) is 5.82 Å². The lowest BCUT2D eigenvalue weighted by molar-refractivity contribution is -0.126. The van der Waals surface area contributed by atoms with Crippen molar-refractivity contribution in [3.8, 4) is 5.75 Å². The summed E-state index contributed by atoms with van der Waals surface area (Å²) in [5.41, 5.74) is 1.04. The molecule has 0 radical (unpaired) electrons. The van der Waals surface area contributed by atoms with Crippen molar-refractivity contribution in [3.05, 3.63) is 63.8 Å². The van der Waals surface area contributed by atoms with Gasteiger partial charge >= 0.3 is 0 Å². The Morgan fingerprint density at radius 3 is 2.41 bits per heavy atom. The van der Waals surface area contributed by atoms with E-state index in [4.69, 9.17) is 4.79 Å². The summed E-state index contributed by atoms with van der Waals surface area (Å²) in [6.45, 7) is 4.89. The maximum absolute atomic E-state index is 12.9. The summed E-state index contributed by atoms with van der Waals surface area (Å²) in [5.74, 6) is -0.511. The number of nitrogens with one attached hydrogen (secondary N) is 1. The summed E-state index contributed by atoms with van der Waals surface area (Å²) in [6, 6.07) is 7.77. The highest BCUT2D eigenvalue weighted by Crippen LogP contribution is 2.15. The smallest absolute Gasteiger partial charge is 0.293 e. The predicted molar refractivity (Wildman–Crippen MR) is 99.1 cm³/mol. The first-order valence-electron chi connectivity index (χ1n) is 8.60. The summed E-state index contributed by atoms with van der Waals surface area (Å²) in [5, 5.41) is 13.5. The number of aromatic hydroxyl groups is 1. The highest BCUT2D eigenvalue weighted by Gasteiger charge is 2.15. The van der Waals surface area contributed by atoms with Crippen LogP contribution in [0.1, 0.15) is 11.1 Å². The number of aromatic nitrogens is 1. The number of hydrogen-bond acceptors (Lipinski definition) is 6. The first-order chi connectivity index (χ1) is 13.0. The number of benzene rings is 1. The molecule has 3 rings (SSSR count). The molecule has 1 saturated heterocycles. The molecule has 27 heavy (non-hydrogen) atoms. The number of hydrogen-bond donors (Lipinski definition) is 2. The number of nitrogens with zero attached hydrogens (tertiary/aromatic N) is 2. The Balaban J connectivity index is 0.000000596. The van der Waals surface area contributed by atoms with Crippen molar-refractivity contribution in [3.63, 3.8) is 0 Å². The number of ether oxygens (including phenoxy) is 1. The summed E-state index contributed by atoms with van der Waals surface area (Å²) < 4.78 is 18.2. The van der Waals surface area contributed by atoms with E-state index < -0.39 is 5.56 Å². The molecule has 1 aromatic carbocycles. The van der Waals surface area contributed by atoms with E-state index >= 15 is 0 Å². The van der Waals surface area contributed by atoms with Crippen LogP contribution in [0.2, 0.25) is 0 Å². The summed E-state index contributed by atoms with van der Waals surface area (Å²) >= 11 is 0. The highest BCUT2D eigenvalue weighted by atomic mass is 19.1. The lowest BCUT2D eigenvalue weighted by Gasteiger charge is -2.27. The second-order valence-corrected chi connectivity index (χ2v) is 6.11. The fraction of sp³-hybridized carbons (Fsp3) is 0.368. The van der Waals surface area contributed by atoms with Gasteiger partial charge in [-0.05, 0) is 23.8 Å². The van der Waals surface area contributed by atoms with E-state index in [1.165, 1.54) is 23.8 Å². The molecule has 0 bridgehead atoms. The van der Waals surface area contributed by atoms with Crippen LogP contribution in [0, 0.1) is 5.82 Å². The highest BCUT2D eigenvalue weighted by molar-refractivity contribution is 5.36. The van der Waals surface area contributed by atoms with E-state index in [-0.39, 0.29) is 11.6 Å². The molecule has 146 valence electrons. The first kappa shape index (κ1) is 20.6. The van der Waals surface area contributed by atoms with Gasteiger partial charge in [-0.1, -0.05) is 12.1 Å². The third kappa shape index (κ3) is 6.19. The topological polar surface area (TPSA) is 83.8 Å². The molecule has 0 saturated carbocycles. The monoisotopic (exact) mass is 377 g/mol. The van der Waals surface area contributed by atoms with Crippen molar-refractivity contribution in [2.45, 2.75) is 13.1 Å². The minimum absolute atomic E-state index is 0.201. The van der Waals surface area contributed by atoms with Crippen LogP contribution >= 0.6 is 0 Å². The largest absolute Gasteiger partial charge is 0.503 e. The van der Waals surface area contributed by atoms with Gasteiger partial charge in [0.15, 0.2) is 5.75 Å². The number of pyridine rings is 1. The van der Waals surface area contributed by atoms with Crippen LogP contribution in [-0.4, -0.2) is 54.3 Å². The number of carbonyl (C=O) groups is 1. The molecule has 7 nitrogen and oxygen atoms in total. The number of methoxy groups -OCH3 is 1. The van der Waals surface area contributed by atoms with E-state index in [1.54, 1.807) is 24.4 Å². The molecule has 2 heterocycles. The quantitative estimate of drug-likeness (QED) is 0.755. The number of halogens is 1. The molecule has 2 N–H and O–H groups in total. The molecule has 0 atom stereocenters. The molecular formula is C19H24FN3O4. The van der Waals surface area contributed by atoms with Crippen molar-refractivity contribution in [1.82, 2.24) is 14.8 Å². The standard InChI is InChI=1S/C17H20FN3O2.C2H4O2/c18-15-3-1-13(2-4-15)11-21-8-5-14(16(22)17(21)23)12-20-9-6-19-7-10-20;1-4-2-3/h1-5,8,19,22H,6-7,9-12H2;2H,1H3. The molecule has 1 aliphatic heterocycles. The number of carbonyl (C=O) groups excluding carboxylic acids is 1. The van der Waals surface area contributed by atoms with Crippen molar-refractivity contribution >= 4 is 6.47 Å². The summed E-state index contributed by atoms with van der Waals surface area (Å²) in [4.78, 5) is 23.5. The Morgan fingerprint density at radius 2 is 1.81 bits per heavy atom. The van der Waals surface area contributed by atoms with Gasteiger partial charge in [0.25, 0.3) is 12.0 Å². The van der Waals surface area contributed by atoms with Crippen LogP contribution in [0.15, 0.2) is 41.3 Å². The molecule has 1 fully saturated rings. The van der Waals surface area contributed by atoms with Gasteiger partial charge in [-0.2, -0.15) is 0 Å². The minimum Gasteiger partial charge on any atom is -0.503 e. The zero-order valence-electron chi connectivity index (χ0n) is 15.2. The summed E-state index contributed by atoms with van der Waals surface area (Å²) in [6.07, 6.45) is 1.68. The molecule has 0 amide bonds. The zero-order chi connectivity index (χ0) is 19.6. The minimum atomic E-state index is -0.415. The fourth-order valence-electron chi connectivity index (χ4n) is 2.75.